The van der Waals surface area contributed by atoms with Crippen LogP contribution >= 0.6 is 11.3 Å². The summed E-state index contributed by atoms with van der Waals surface area (Å²) in [5, 5.41) is 2.13. The van der Waals surface area contributed by atoms with Gasteiger partial charge >= 0.3 is 0 Å². The number of hydrogen-bond donors (Lipinski definition) is 0. The van der Waals surface area contributed by atoms with E-state index in [2.05, 4.69) is 23.4 Å². The van der Waals surface area contributed by atoms with Crippen LogP contribution in [0.2, 0.25) is 0 Å². The molecule has 152 valence electrons. The Kier molecular flexibility index (Phi) is 5.01. The maximum absolute atomic E-state index is 13.3. The number of imidazole rings is 1. The molecule has 6 heteroatoms. The van der Waals surface area contributed by atoms with Gasteiger partial charge in [-0.05, 0) is 60.2 Å². The molecule has 1 amide bonds. The van der Waals surface area contributed by atoms with Crippen LogP contribution in [0.25, 0.3) is 5.65 Å². The number of aromatic nitrogens is 2. The number of benzene rings is 1. The number of nitrogens with zero attached hydrogens (tertiary/aromatic N) is 3. The lowest BCUT2D eigenvalue weighted by Crippen LogP contribution is -2.39. The van der Waals surface area contributed by atoms with Crippen LogP contribution in [-0.4, -0.2) is 26.7 Å². The van der Waals surface area contributed by atoms with Gasteiger partial charge in [0, 0.05) is 29.4 Å². The Bertz CT molecular complexity index is 1160. The zero-order valence-electron chi connectivity index (χ0n) is 16.8. The average Bonchev–Trinajstić information content (AvgIpc) is 3.43. The minimum absolute atomic E-state index is 0.0666. The molecule has 0 aliphatic carbocycles. The van der Waals surface area contributed by atoms with Crippen LogP contribution in [0.1, 0.15) is 45.9 Å². The van der Waals surface area contributed by atoms with Crippen molar-refractivity contribution in [1.29, 1.82) is 0 Å². The van der Waals surface area contributed by atoms with Crippen molar-refractivity contribution in [2.45, 2.75) is 32.4 Å². The zero-order chi connectivity index (χ0) is 20.5. The number of rotatable bonds is 5. The Morgan fingerprint density at radius 2 is 2.17 bits per heavy atom. The van der Waals surface area contributed by atoms with Crippen molar-refractivity contribution >= 4 is 22.9 Å². The van der Waals surface area contributed by atoms with Crippen LogP contribution in [0.3, 0.4) is 0 Å². The van der Waals surface area contributed by atoms with Crippen LogP contribution in [0.15, 0.2) is 66.3 Å². The van der Waals surface area contributed by atoms with Crippen molar-refractivity contribution in [3.05, 3.63) is 88.0 Å². The summed E-state index contributed by atoms with van der Waals surface area (Å²) in [5.74, 6) is 0.746. The second-order valence-corrected chi connectivity index (χ2v) is 8.49. The van der Waals surface area contributed by atoms with E-state index in [1.807, 2.05) is 64.2 Å². The molecule has 0 radical (unpaired) electrons. The monoisotopic (exact) mass is 417 g/mol. The lowest BCUT2D eigenvalue weighted by atomic mass is 9.97. The normalized spacial score (nSPS) is 15.9. The van der Waals surface area contributed by atoms with E-state index in [9.17, 15) is 4.79 Å². The second kappa shape index (κ2) is 7.95. The molecule has 0 N–H and O–H groups in total. The van der Waals surface area contributed by atoms with Crippen molar-refractivity contribution < 1.29 is 9.53 Å². The highest BCUT2D eigenvalue weighted by atomic mass is 32.1. The van der Waals surface area contributed by atoms with Crippen LogP contribution < -0.4 is 4.74 Å². The number of hydrogen-bond acceptors (Lipinski definition) is 4. The minimum Gasteiger partial charge on any atom is -0.487 e. The topological polar surface area (TPSA) is 46.8 Å². The molecule has 3 aromatic heterocycles. The number of pyridine rings is 1. The summed E-state index contributed by atoms with van der Waals surface area (Å²) in [6, 6.07) is 15.7. The van der Waals surface area contributed by atoms with Gasteiger partial charge in [-0.1, -0.05) is 19.1 Å². The first-order chi connectivity index (χ1) is 14.7. The predicted molar refractivity (Wildman–Crippen MR) is 118 cm³/mol. The molecule has 1 aromatic carbocycles. The summed E-state index contributed by atoms with van der Waals surface area (Å²) >= 11 is 1.80. The Balaban J connectivity index is 1.32. The molecule has 0 saturated carbocycles. The molecule has 30 heavy (non-hydrogen) atoms. The van der Waals surface area contributed by atoms with Gasteiger partial charge in [-0.15, -0.1) is 11.3 Å². The average molecular weight is 418 g/mol. The SMILES string of the molecule is CCC1c2ccsc2CCN1C(=O)c1cccc(OCc2cn3ccccc3n2)c1. The molecule has 1 atom stereocenters. The van der Waals surface area contributed by atoms with Gasteiger partial charge in [0.25, 0.3) is 5.91 Å². The molecule has 5 rings (SSSR count). The minimum atomic E-state index is 0.0666. The molecular formula is C24H23N3O2S. The van der Waals surface area contributed by atoms with Crippen molar-refractivity contribution in [1.82, 2.24) is 14.3 Å². The Morgan fingerprint density at radius 1 is 1.23 bits per heavy atom. The van der Waals surface area contributed by atoms with Gasteiger partial charge in [-0.3, -0.25) is 4.79 Å². The molecule has 0 bridgehead atoms. The third-order valence-electron chi connectivity index (χ3n) is 5.62. The van der Waals surface area contributed by atoms with Gasteiger partial charge in [-0.25, -0.2) is 4.98 Å². The van der Waals surface area contributed by atoms with Gasteiger partial charge in [0.2, 0.25) is 0 Å². The first-order valence-electron chi connectivity index (χ1n) is 10.3. The van der Waals surface area contributed by atoms with Gasteiger partial charge in [0.05, 0.1) is 11.7 Å². The smallest absolute Gasteiger partial charge is 0.254 e. The van der Waals surface area contributed by atoms with E-state index in [0.717, 1.165) is 30.7 Å². The molecule has 0 saturated heterocycles. The molecular weight excluding hydrogens is 394 g/mol. The highest BCUT2D eigenvalue weighted by Crippen LogP contribution is 2.36. The van der Waals surface area contributed by atoms with Gasteiger partial charge < -0.3 is 14.0 Å². The van der Waals surface area contributed by atoms with Crippen LogP contribution in [-0.2, 0) is 13.0 Å². The zero-order valence-corrected chi connectivity index (χ0v) is 17.6. The Hall–Kier alpha value is -3.12. The maximum Gasteiger partial charge on any atom is 0.254 e. The molecule has 1 aliphatic rings. The number of amides is 1. The van der Waals surface area contributed by atoms with E-state index >= 15 is 0 Å². The molecule has 1 aliphatic heterocycles. The van der Waals surface area contributed by atoms with Crippen molar-refractivity contribution in [3.8, 4) is 5.75 Å². The second-order valence-electron chi connectivity index (χ2n) is 7.49. The number of ether oxygens (including phenoxy) is 1. The standard InChI is InChI=1S/C24H23N3O2S/c1-2-21-20-10-13-30-22(20)9-12-27(21)24(28)17-6-5-7-19(14-17)29-16-18-15-26-11-4-3-8-23(26)25-18/h3-8,10-11,13-15,21H,2,9,12,16H2,1H3. The molecule has 0 spiro atoms. The highest BCUT2D eigenvalue weighted by Gasteiger charge is 2.30. The van der Waals surface area contributed by atoms with E-state index in [0.29, 0.717) is 17.9 Å². The number of thiophene rings is 1. The van der Waals surface area contributed by atoms with Crippen LogP contribution in [0, 0.1) is 0 Å². The molecule has 4 heterocycles. The molecule has 0 fully saturated rings. The third kappa shape index (κ3) is 3.48. The number of carbonyl (C=O) groups is 1. The van der Waals surface area contributed by atoms with Crippen molar-refractivity contribution in [3.63, 3.8) is 0 Å². The van der Waals surface area contributed by atoms with E-state index < -0.39 is 0 Å². The predicted octanol–water partition coefficient (Wildman–Crippen LogP) is 5.12. The molecule has 1 unspecified atom stereocenters. The first-order valence-corrected chi connectivity index (χ1v) is 11.1. The van der Waals surface area contributed by atoms with E-state index in [1.165, 1.54) is 10.4 Å². The number of fused-ring (bicyclic) bond motifs is 2. The fraction of sp³-hybridized carbons (Fsp3) is 0.250. The lowest BCUT2D eigenvalue weighted by molar-refractivity contribution is 0.0657. The van der Waals surface area contributed by atoms with Crippen LogP contribution in [0.5, 0.6) is 5.75 Å². The summed E-state index contributed by atoms with van der Waals surface area (Å²) < 4.78 is 7.92. The third-order valence-corrected chi connectivity index (χ3v) is 6.62. The van der Waals surface area contributed by atoms with E-state index in [-0.39, 0.29) is 11.9 Å². The van der Waals surface area contributed by atoms with Gasteiger partial charge in [-0.2, -0.15) is 0 Å². The fourth-order valence-corrected chi connectivity index (χ4v) is 5.11. The maximum atomic E-state index is 13.3. The summed E-state index contributed by atoms with van der Waals surface area (Å²) in [5.41, 5.74) is 3.72. The molecule has 4 aromatic rings. The quantitative estimate of drug-likeness (QED) is 0.453. The fourth-order valence-electron chi connectivity index (χ4n) is 4.18. The van der Waals surface area contributed by atoms with E-state index in [4.69, 9.17) is 4.74 Å². The van der Waals surface area contributed by atoms with Crippen molar-refractivity contribution in [2.24, 2.45) is 0 Å². The number of carbonyl (C=O) groups excluding carboxylic acids is 1. The largest absolute Gasteiger partial charge is 0.487 e. The van der Waals surface area contributed by atoms with Gasteiger partial charge in [0.1, 0.15) is 18.0 Å². The van der Waals surface area contributed by atoms with Gasteiger partial charge in [0.15, 0.2) is 0 Å². The van der Waals surface area contributed by atoms with E-state index in [1.54, 1.807) is 11.3 Å². The Morgan fingerprint density at radius 3 is 3.03 bits per heavy atom. The summed E-state index contributed by atoms with van der Waals surface area (Å²) in [7, 11) is 0. The summed E-state index contributed by atoms with van der Waals surface area (Å²) in [4.78, 5) is 21.3. The van der Waals surface area contributed by atoms with Crippen LogP contribution in [0.4, 0.5) is 0 Å². The highest BCUT2D eigenvalue weighted by molar-refractivity contribution is 7.10. The summed E-state index contributed by atoms with van der Waals surface area (Å²) in [6.45, 7) is 3.27. The summed E-state index contributed by atoms with van der Waals surface area (Å²) in [6.07, 6.45) is 5.77. The lowest BCUT2D eigenvalue weighted by Gasteiger charge is -2.35. The molecule has 5 nitrogen and oxygen atoms in total. The Labute approximate surface area is 179 Å². The van der Waals surface area contributed by atoms with Crippen molar-refractivity contribution in [2.75, 3.05) is 6.54 Å². The first kappa shape index (κ1) is 18.9.